The van der Waals surface area contributed by atoms with Gasteiger partial charge in [-0.05, 0) is 37.8 Å². The van der Waals surface area contributed by atoms with Crippen LogP contribution >= 0.6 is 0 Å². The first kappa shape index (κ1) is 19.1. The van der Waals surface area contributed by atoms with Crippen LogP contribution in [0.25, 0.3) is 0 Å². The highest BCUT2D eigenvalue weighted by Gasteiger charge is 2.43. The van der Waals surface area contributed by atoms with E-state index in [4.69, 9.17) is 4.74 Å². The maximum atomic E-state index is 12.4. The molecule has 138 valence electrons. The molecule has 2 amide bonds. The second-order valence-electron chi connectivity index (χ2n) is 6.14. The van der Waals surface area contributed by atoms with Gasteiger partial charge in [0.25, 0.3) is 5.91 Å². The van der Waals surface area contributed by atoms with Crippen molar-refractivity contribution in [1.29, 1.82) is 0 Å². The Labute approximate surface area is 144 Å². The lowest BCUT2D eigenvalue weighted by atomic mass is 9.96. The van der Waals surface area contributed by atoms with Crippen molar-refractivity contribution in [2.75, 3.05) is 26.2 Å². The van der Waals surface area contributed by atoms with Crippen LogP contribution in [0.5, 0.6) is 5.75 Å². The number of rotatable bonds is 5. The number of aryl methyl sites for hydroxylation is 1. The van der Waals surface area contributed by atoms with Gasteiger partial charge in [0.1, 0.15) is 5.75 Å². The standard InChI is InChI=1S/C17H21F3N2O3/c1-12-2-4-14(5-3-12)25-11-15(23)21-10-13-6-8-22(9-7-13)16(24)17(18,19)20/h2-5,13H,6-11H2,1H3,(H,21,23). The van der Waals surface area contributed by atoms with Crippen LogP contribution in [-0.4, -0.2) is 49.1 Å². The van der Waals surface area contributed by atoms with Crippen LogP contribution in [0.15, 0.2) is 24.3 Å². The van der Waals surface area contributed by atoms with Gasteiger partial charge < -0.3 is 15.0 Å². The van der Waals surface area contributed by atoms with Gasteiger partial charge in [0.2, 0.25) is 0 Å². The minimum atomic E-state index is -4.83. The van der Waals surface area contributed by atoms with E-state index < -0.39 is 12.1 Å². The average molecular weight is 358 g/mol. The molecular formula is C17H21F3N2O3. The monoisotopic (exact) mass is 358 g/mol. The number of carbonyl (C=O) groups is 2. The van der Waals surface area contributed by atoms with E-state index in [2.05, 4.69) is 5.32 Å². The second kappa shape index (κ2) is 8.22. The first-order valence-corrected chi connectivity index (χ1v) is 8.08. The minimum Gasteiger partial charge on any atom is -0.484 e. The molecule has 0 unspecified atom stereocenters. The van der Waals surface area contributed by atoms with Gasteiger partial charge in [0.15, 0.2) is 6.61 Å². The smallest absolute Gasteiger partial charge is 0.471 e. The molecular weight excluding hydrogens is 337 g/mol. The number of ether oxygens (including phenoxy) is 1. The van der Waals surface area contributed by atoms with Crippen LogP contribution in [0.1, 0.15) is 18.4 Å². The van der Waals surface area contributed by atoms with E-state index in [1.165, 1.54) is 0 Å². The van der Waals surface area contributed by atoms with Gasteiger partial charge in [0.05, 0.1) is 0 Å². The zero-order valence-corrected chi connectivity index (χ0v) is 13.9. The summed E-state index contributed by atoms with van der Waals surface area (Å²) in [4.78, 5) is 23.7. The van der Waals surface area contributed by atoms with Gasteiger partial charge in [-0.25, -0.2) is 0 Å². The number of amides is 2. The summed E-state index contributed by atoms with van der Waals surface area (Å²) < 4.78 is 42.5. The Morgan fingerprint density at radius 2 is 1.80 bits per heavy atom. The number of nitrogens with zero attached hydrogens (tertiary/aromatic N) is 1. The second-order valence-corrected chi connectivity index (χ2v) is 6.14. The van der Waals surface area contributed by atoms with Crippen molar-refractivity contribution >= 4 is 11.8 Å². The number of likely N-dealkylation sites (tertiary alicyclic amines) is 1. The highest BCUT2D eigenvalue weighted by Crippen LogP contribution is 2.23. The van der Waals surface area contributed by atoms with Crippen LogP contribution in [0.3, 0.4) is 0 Å². The fourth-order valence-electron chi connectivity index (χ4n) is 2.61. The van der Waals surface area contributed by atoms with E-state index in [1.54, 1.807) is 12.1 Å². The molecule has 0 atom stereocenters. The van der Waals surface area contributed by atoms with E-state index in [0.717, 1.165) is 10.5 Å². The van der Waals surface area contributed by atoms with Crippen LogP contribution in [-0.2, 0) is 9.59 Å². The number of hydrogen-bond donors (Lipinski definition) is 1. The van der Waals surface area contributed by atoms with Crippen LogP contribution in [0.2, 0.25) is 0 Å². The summed E-state index contributed by atoms with van der Waals surface area (Å²) in [7, 11) is 0. The maximum absolute atomic E-state index is 12.4. The Kier molecular flexibility index (Phi) is 6.27. The van der Waals surface area contributed by atoms with Gasteiger partial charge >= 0.3 is 12.1 Å². The first-order valence-electron chi connectivity index (χ1n) is 8.08. The lowest BCUT2D eigenvalue weighted by Crippen LogP contribution is -2.46. The molecule has 1 heterocycles. The third-order valence-corrected chi connectivity index (χ3v) is 4.12. The summed E-state index contributed by atoms with van der Waals surface area (Å²) in [6, 6.07) is 7.30. The molecule has 5 nitrogen and oxygen atoms in total. The average Bonchev–Trinajstić information content (AvgIpc) is 2.58. The molecule has 1 saturated heterocycles. The number of piperidine rings is 1. The SMILES string of the molecule is Cc1ccc(OCC(=O)NCC2CCN(C(=O)C(F)(F)F)CC2)cc1. The summed E-state index contributed by atoms with van der Waals surface area (Å²) in [5.74, 6) is -1.42. The summed E-state index contributed by atoms with van der Waals surface area (Å²) in [6.45, 7) is 2.31. The van der Waals surface area contributed by atoms with Crippen molar-refractivity contribution in [2.45, 2.75) is 25.9 Å². The quantitative estimate of drug-likeness (QED) is 0.879. The zero-order chi connectivity index (χ0) is 18.4. The van der Waals surface area contributed by atoms with Crippen molar-refractivity contribution in [3.8, 4) is 5.75 Å². The van der Waals surface area contributed by atoms with Gasteiger partial charge in [-0.1, -0.05) is 17.7 Å². The van der Waals surface area contributed by atoms with E-state index in [-0.39, 0.29) is 31.5 Å². The summed E-state index contributed by atoms with van der Waals surface area (Å²) in [6.07, 6.45) is -3.96. The molecule has 0 radical (unpaired) electrons. The van der Waals surface area contributed by atoms with Crippen LogP contribution in [0.4, 0.5) is 13.2 Å². The van der Waals surface area contributed by atoms with E-state index in [0.29, 0.717) is 25.1 Å². The number of hydrogen-bond acceptors (Lipinski definition) is 3. The Balaban J connectivity index is 1.66. The Bertz CT molecular complexity index is 594. The van der Waals surface area contributed by atoms with Crippen molar-refractivity contribution in [3.63, 3.8) is 0 Å². The minimum absolute atomic E-state index is 0.0543. The van der Waals surface area contributed by atoms with E-state index >= 15 is 0 Å². The van der Waals surface area contributed by atoms with Gasteiger partial charge in [-0.2, -0.15) is 13.2 Å². The normalized spacial score (nSPS) is 15.8. The lowest BCUT2D eigenvalue weighted by molar-refractivity contribution is -0.186. The predicted octanol–water partition coefficient (Wildman–Crippen LogP) is 2.29. The Hall–Kier alpha value is -2.25. The number of nitrogens with one attached hydrogen (secondary N) is 1. The summed E-state index contributed by atoms with van der Waals surface area (Å²) >= 11 is 0. The molecule has 0 aromatic heterocycles. The highest BCUT2D eigenvalue weighted by atomic mass is 19.4. The molecule has 0 spiro atoms. The van der Waals surface area contributed by atoms with Gasteiger partial charge in [-0.15, -0.1) is 0 Å². The molecule has 1 aliphatic heterocycles. The van der Waals surface area contributed by atoms with E-state index in [1.807, 2.05) is 19.1 Å². The molecule has 1 aromatic rings. The molecule has 1 aromatic carbocycles. The van der Waals surface area contributed by atoms with Crippen LogP contribution in [0, 0.1) is 12.8 Å². The molecule has 1 aliphatic rings. The van der Waals surface area contributed by atoms with Crippen molar-refractivity contribution < 1.29 is 27.5 Å². The van der Waals surface area contributed by atoms with Crippen molar-refractivity contribution in [2.24, 2.45) is 5.92 Å². The molecule has 1 fully saturated rings. The molecule has 1 N–H and O–H groups in total. The fraction of sp³-hybridized carbons (Fsp3) is 0.529. The molecule has 0 bridgehead atoms. The Morgan fingerprint density at radius 1 is 1.20 bits per heavy atom. The topological polar surface area (TPSA) is 58.6 Å². The maximum Gasteiger partial charge on any atom is 0.471 e. The first-order chi connectivity index (χ1) is 11.8. The molecule has 2 rings (SSSR count). The summed E-state index contributed by atoms with van der Waals surface area (Å²) in [5, 5.41) is 2.72. The molecule has 0 saturated carbocycles. The number of benzene rings is 1. The third kappa shape index (κ3) is 5.95. The third-order valence-electron chi connectivity index (χ3n) is 4.12. The summed E-state index contributed by atoms with van der Waals surface area (Å²) in [5.41, 5.74) is 1.09. The molecule has 0 aliphatic carbocycles. The number of alkyl halides is 3. The highest BCUT2D eigenvalue weighted by molar-refractivity contribution is 5.82. The Morgan fingerprint density at radius 3 is 2.36 bits per heavy atom. The molecule has 8 heteroatoms. The van der Waals surface area contributed by atoms with Gasteiger partial charge in [0, 0.05) is 19.6 Å². The number of carbonyl (C=O) groups excluding carboxylic acids is 2. The lowest BCUT2D eigenvalue weighted by Gasteiger charge is -2.32. The van der Waals surface area contributed by atoms with Crippen LogP contribution < -0.4 is 10.1 Å². The fourth-order valence-corrected chi connectivity index (χ4v) is 2.61. The van der Waals surface area contributed by atoms with E-state index in [9.17, 15) is 22.8 Å². The van der Waals surface area contributed by atoms with Crippen molar-refractivity contribution in [3.05, 3.63) is 29.8 Å². The van der Waals surface area contributed by atoms with Crippen molar-refractivity contribution in [1.82, 2.24) is 10.2 Å². The van der Waals surface area contributed by atoms with Gasteiger partial charge in [-0.3, -0.25) is 9.59 Å². The predicted molar refractivity (Wildman–Crippen MR) is 85.0 cm³/mol. The number of halogens is 3. The zero-order valence-electron chi connectivity index (χ0n) is 13.9. The largest absolute Gasteiger partial charge is 0.484 e. The molecule has 25 heavy (non-hydrogen) atoms.